The first-order valence-corrected chi connectivity index (χ1v) is 39.3. The zero-order valence-electron chi connectivity index (χ0n) is 30.1. The van der Waals surface area contributed by atoms with Gasteiger partial charge in [0.25, 0.3) is 0 Å². The monoisotopic (exact) mass is 761 g/mol. The number of halogens is 6. The number of hydrogen-bond donors (Lipinski definition) is 0. The van der Waals surface area contributed by atoms with Crippen LogP contribution in [0.4, 0.5) is 36.8 Å². The lowest BCUT2D eigenvalue weighted by Crippen LogP contribution is -2.47. The molecule has 0 aliphatic heterocycles. The SMILES string of the molecule is C[SiH](C)C[Si](C)(CC[Si](C)(C[SiH](C)C)C[Si](C)(C)CC[Si](C)(C)CCCN(C(=O)F)c1c(F)c(F)c(F)c(F)c1F)C[SiH](C)C. The first kappa shape index (κ1) is 42.8. The first-order valence-electron chi connectivity index (χ1n) is 16.8. The van der Waals surface area contributed by atoms with E-state index in [1.807, 2.05) is 0 Å². The van der Waals surface area contributed by atoms with Gasteiger partial charge in [-0.15, -0.1) is 4.39 Å². The van der Waals surface area contributed by atoms with Gasteiger partial charge in [0.05, 0.1) is 0 Å². The maximum atomic E-state index is 14.3. The predicted octanol–water partition coefficient (Wildman–Crippen LogP) is 10.9. The van der Waals surface area contributed by atoms with Gasteiger partial charge in [-0.3, -0.25) is 4.90 Å². The minimum absolute atomic E-state index is 0.0485. The summed E-state index contributed by atoms with van der Waals surface area (Å²) in [6, 6.07) is 5.94. The summed E-state index contributed by atoms with van der Waals surface area (Å²) in [5.74, 6) is -11.1. The number of carbonyl (C=O) groups excluding carboxylic acids is 1. The third-order valence-electron chi connectivity index (χ3n) is 9.32. The molecule has 15 heteroatoms. The second-order valence-electron chi connectivity index (χ2n) is 17.3. The molecule has 1 rings (SSSR count). The van der Waals surface area contributed by atoms with E-state index in [4.69, 9.17) is 0 Å². The Morgan fingerprint density at radius 1 is 0.578 bits per heavy atom. The summed E-state index contributed by atoms with van der Waals surface area (Å²) in [5.41, 5.74) is 4.60. The molecular formula is C30H61F6NOSi7. The van der Waals surface area contributed by atoms with Gasteiger partial charge in [0.1, 0.15) is 5.69 Å². The third-order valence-corrected chi connectivity index (χ3v) is 47.0. The average Bonchev–Trinajstić information content (AvgIpc) is 2.86. The van der Waals surface area contributed by atoms with E-state index in [1.165, 1.54) is 29.5 Å². The lowest BCUT2D eigenvalue weighted by Gasteiger charge is -2.40. The molecule has 0 radical (unpaired) electrons. The fraction of sp³-hybridized carbons (Fsp3) is 0.767. The third kappa shape index (κ3) is 14.0. The number of nitrogens with zero attached hydrogens (tertiary/aromatic N) is 1. The van der Waals surface area contributed by atoms with Crippen molar-refractivity contribution in [3.05, 3.63) is 29.1 Å². The van der Waals surface area contributed by atoms with Crippen LogP contribution in [-0.2, 0) is 0 Å². The largest absolute Gasteiger partial charge is 0.404 e. The van der Waals surface area contributed by atoms with Gasteiger partial charge in [0, 0.05) is 65.2 Å². The molecule has 0 fully saturated rings. The van der Waals surface area contributed by atoms with Gasteiger partial charge in [-0.25, -0.2) is 26.7 Å². The Hall–Kier alpha value is -0.212. The van der Waals surface area contributed by atoms with Crippen LogP contribution in [0.1, 0.15) is 6.42 Å². The van der Waals surface area contributed by atoms with Crippen molar-refractivity contribution in [2.45, 2.75) is 138 Å². The van der Waals surface area contributed by atoms with Crippen molar-refractivity contribution in [2.75, 3.05) is 11.4 Å². The summed E-state index contributed by atoms with van der Waals surface area (Å²) >= 11 is 0. The van der Waals surface area contributed by atoms with Crippen molar-refractivity contribution in [3.63, 3.8) is 0 Å². The van der Waals surface area contributed by atoms with Crippen LogP contribution >= 0.6 is 0 Å². The van der Waals surface area contributed by atoms with Gasteiger partial charge in [-0.2, -0.15) is 0 Å². The number of anilines is 1. The maximum Gasteiger partial charge on any atom is 0.404 e. The van der Waals surface area contributed by atoms with Crippen LogP contribution in [0.3, 0.4) is 0 Å². The number of hydrogen-bond acceptors (Lipinski definition) is 1. The summed E-state index contributed by atoms with van der Waals surface area (Å²) < 4.78 is 83.5. The Morgan fingerprint density at radius 2 is 0.956 bits per heavy atom. The van der Waals surface area contributed by atoms with E-state index < -0.39 is 106 Å². The van der Waals surface area contributed by atoms with Crippen molar-refractivity contribution < 1.29 is 31.1 Å². The molecule has 0 aliphatic rings. The molecule has 0 heterocycles. The molecule has 1 aromatic carbocycles. The summed E-state index contributed by atoms with van der Waals surface area (Å²) in [4.78, 5) is 11.7. The lowest BCUT2D eigenvalue weighted by molar-refractivity contribution is 0.227. The van der Waals surface area contributed by atoms with Gasteiger partial charge in [-0.1, -0.05) is 131 Å². The van der Waals surface area contributed by atoms with Crippen molar-refractivity contribution in [1.29, 1.82) is 0 Å². The smallest absolute Gasteiger partial charge is 0.278 e. The highest BCUT2D eigenvalue weighted by Crippen LogP contribution is 2.38. The van der Waals surface area contributed by atoms with E-state index in [-0.39, 0.29) is 11.3 Å². The van der Waals surface area contributed by atoms with Crippen molar-refractivity contribution in [2.24, 2.45) is 0 Å². The molecule has 1 atom stereocenters. The van der Waals surface area contributed by atoms with Gasteiger partial charge < -0.3 is 0 Å². The van der Waals surface area contributed by atoms with Crippen molar-refractivity contribution in [1.82, 2.24) is 0 Å². The zero-order valence-corrected chi connectivity index (χ0v) is 37.6. The van der Waals surface area contributed by atoms with E-state index in [2.05, 4.69) is 78.6 Å². The van der Waals surface area contributed by atoms with E-state index >= 15 is 0 Å². The fourth-order valence-corrected chi connectivity index (χ4v) is 60.4. The van der Waals surface area contributed by atoms with Gasteiger partial charge in [0.2, 0.25) is 5.82 Å². The first-order chi connectivity index (χ1) is 20.3. The van der Waals surface area contributed by atoms with Crippen LogP contribution in [0.15, 0.2) is 0 Å². The van der Waals surface area contributed by atoms with E-state index in [0.29, 0.717) is 6.04 Å². The van der Waals surface area contributed by atoms with Crippen LogP contribution < -0.4 is 4.90 Å². The topological polar surface area (TPSA) is 20.3 Å². The normalized spacial score (nSPS) is 14.5. The maximum absolute atomic E-state index is 14.3. The Morgan fingerprint density at radius 3 is 1.38 bits per heavy atom. The van der Waals surface area contributed by atoms with Crippen LogP contribution in [0, 0.1) is 29.1 Å². The Kier molecular flexibility index (Phi) is 16.6. The van der Waals surface area contributed by atoms with Crippen LogP contribution in [0.5, 0.6) is 0 Å². The molecule has 2 nitrogen and oxygen atoms in total. The second kappa shape index (κ2) is 17.4. The summed E-state index contributed by atoms with van der Waals surface area (Å²) in [6.07, 6.45) is -2.02. The molecule has 0 aromatic heterocycles. The quantitative estimate of drug-likeness (QED) is 0.0343. The molecule has 1 aromatic rings. The zero-order chi connectivity index (χ0) is 35.1. The number of rotatable bonds is 19. The Balaban J connectivity index is 2.97. The number of amides is 1. The highest BCUT2D eigenvalue weighted by Gasteiger charge is 2.40. The molecule has 45 heavy (non-hydrogen) atoms. The van der Waals surface area contributed by atoms with Crippen LogP contribution in [0.2, 0.25) is 131 Å². The lowest BCUT2D eigenvalue weighted by atomic mass is 10.2. The minimum Gasteiger partial charge on any atom is -0.278 e. The van der Waals surface area contributed by atoms with E-state index in [9.17, 15) is 31.1 Å². The summed E-state index contributed by atoms with van der Waals surface area (Å²) in [7, 11) is -7.91. The van der Waals surface area contributed by atoms with Gasteiger partial charge >= 0.3 is 6.16 Å². The molecule has 0 spiro atoms. The van der Waals surface area contributed by atoms with Gasteiger partial charge in [0.15, 0.2) is 23.3 Å². The summed E-state index contributed by atoms with van der Waals surface area (Å²) in [5, 5.41) is 0. The molecule has 0 aliphatic carbocycles. The Labute approximate surface area is 279 Å². The Bertz CT molecular complexity index is 1100. The molecule has 1 unspecified atom stereocenters. The molecule has 0 saturated heterocycles. The molecule has 262 valence electrons. The fourth-order valence-electron chi connectivity index (χ4n) is 7.99. The molecule has 0 saturated carbocycles. The average molecular weight is 762 g/mol. The summed E-state index contributed by atoms with van der Waals surface area (Å²) in [6.45, 7) is 29.6. The number of carbonyl (C=O) groups is 1. The molecule has 0 N–H and O–H groups in total. The van der Waals surface area contributed by atoms with Crippen molar-refractivity contribution >= 4 is 70.5 Å². The minimum atomic E-state index is -2.33. The van der Waals surface area contributed by atoms with Gasteiger partial charge in [-0.05, 0) is 6.42 Å². The predicted molar refractivity (Wildman–Crippen MR) is 203 cm³/mol. The molecular weight excluding hydrogens is 701 g/mol. The molecule has 0 bridgehead atoms. The highest BCUT2D eigenvalue weighted by molar-refractivity contribution is 7.01. The van der Waals surface area contributed by atoms with E-state index in [0.717, 1.165) is 6.04 Å². The van der Waals surface area contributed by atoms with Crippen LogP contribution in [0.25, 0.3) is 0 Å². The highest BCUT2D eigenvalue weighted by atomic mass is 28.4. The standard InChI is InChI=1S/C30H61F6NOSi7/c1-39(2)20-44(11,21-40(3)4)18-19-45(12,22-41(5)6)23-43(9,10)17-16-42(7,8)15-13-14-37(30(36)38)29-27(34)25(32)24(31)26(33)28(29)35/h39-41H,13-23H2,1-12H3. The van der Waals surface area contributed by atoms with Crippen LogP contribution in [-0.4, -0.2) is 71.4 Å². The molecule has 1 amide bonds. The van der Waals surface area contributed by atoms with E-state index in [1.54, 1.807) is 11.3 Å². The number of benzene rings is 1. The van der Waals surface area contributed by atoms with Crippen molar-refractivity contribution in [3.8, 4) is 0 Å². The second-order valence-corrected chi connectivity index (χ2v) is 50.4.